The molecule has 0 spiro atoms. The lowest BCUT2D eigenvalue weighted by Crippen LogP contribution is -2.28. The largest absolute Gasteiger partial charge is 0.314 e. The van der Waals surface area contributed by atoms with Crippen molar-refractivity contribution in [3.05, 3.63) is 70.6 Å². The van der Waals surface area contributed by atoms with Gasteiger partial charge in [-0.1, -0.05) is 43.3 Å². The Labute approximate surface area is 113 Å². The fraction of sp³-hybridized carbons (Fsp3) is 0.312. The molecule has 2 rings (SSSR count). The topological polar surface area (TPSA) is 34.0 Å². The third-order valence-electron chi connectivity index (χ3n) is 3.25. The van der Waals surface area contributed by atoms with Crippen molar-refractivity contribution < 1.29 is 0 Å². The summed E-state index contributed by atoms with van der Waals surface area (Å²) >= 11 is 0. The van der Waals surface area contributed by atoms with Crippen LogP contribution in [-0.4, -0.2) is 17.7 Å². The van der Waals surface area contributed by atoms with Crippen LogP contribution < -0.4 is 10.9 Å². The number of benzene rings is 1. The van der Waals surface area contributed by atoms with Crippen LogP contribution in [0.15, 0.2) is 59.5 Å². The molecule has 0 aliphatic carbocycles. The molecule has 1 heterocycles. The molecule has 3 heteroatoms. The quantitative estimate of drug-likeness (QED) is 0.804. The van der Waals surface area contributed by atoms with Crippen molar-refractivity contribution in [2.24, 2.45) is 0 Å². The smallest absolute Gasteiger partial charge is 0.250 e. The van der Waals surface area contributed by atoms with E-state index in [0.717, 1.165) is 13.1 Å². The first kappa shape index (κ1) is 13.6. The van der Waals surface area contributed by atoms with Crippen LogP contribution in [0.2, 0.25) is 0 Å². The van der Waals surface area contributed by atoms with Crippen LogP contribution >= 0.6 is 0 Å². The minimum atomic E-state index is 0.0559. The highest BCUT2D eigenvalue weighted by Crippen LogP contribution is 2.12. The van der Waals surface area contributed by atoms with Crippen molar-refractivity contribution >= 4 is 0 Å². The zero-order valence-electron chi connectivity index (χ0n) is 11.3. The van der Waals surface area contributed by atoms with E-state index < -0.39 is 0 Å². The molecule has 1 atom stereocenters. The van der Waals surface area contributed by atoms with Crippen LogP contribution in [0.4, 0.5) is 0 Å². The van der Waals surface area contributed by atoms with Crippen LogP contribution in [-0.2, 0) is 6.54 Å². The highest BCUT2D eigenvalue weighted by Gasteiger charge is 2.03. The van der Waals surface area contributed by atoms with E-state index in [1.54, 1.807) is 16.7 Å². The normalized spacial score (nSPS) is 12.3. The van der Waals surface area contributed by atoms with Gasteiger partial charge in [0, 0.05) is 31.9 Å². The zero-order valence-corrected chi connectivity index (χ0v) is 11.3. The van der Waals surface area contributed by atoms with Crippen LogP contribution in [0.1, 0.15) is 18.4 Å². The van der Waals surface area contributed by atoms with Gasteiger partial charge < -0.3 is 9.88 Å². The minimum Gasteiger partial charge on any atom is -0.314 e. The molecule has 0 fully saturated rings. The van der Waals surface area contributed by atoms with Gasteiger partial charge in [0.2, 0.25) is 0 Å². The molecule has 0 bridgehead atoms. The summed E-state index contributed by atoms with van der Waals surface area (Å²) in [6.45, 7) is 4.64. The van der Waals surface area contributed by atoms with Gasteiger partial charge >= 0.3 is 0 Å². The second kappa shape index (κ2) is 6.90. The molecule has 0 radical (unpaired) electrons. The number of hydrogen-bond donors (Lipinski definition) is 1. The molecule has 1 aromatic carbocycles. The van der Waals surface area contributed by atoms with Gasteiger partial charge in [0.15, 0.2) is 0 Å². The molecule has 0 aliphatic rings. The molecule has 3 nitrogen and oxygen atoms in total. The number of hydrogen-bond acceptors (Lipinski definition) is 2. The van der Waals surface area contributed by atoms with Gasteiger partial charge in [0.25, 0.3) is 5.56 Å². The van der Waals surface area contributed by atoms with Crippen LogP contribution in [0.3, 0.4) is 0 Å². The zero-order chi connectivity index (χ0) is 13.5. The SMILES string of the molecule is CC(CNCCn1ccccc1=O)c1ccccc1. The van der Waals surface area contributed by atoms with Gasteiger partial charge in [0.1, 0.15) is 0 Å². The third kappa shape index (κ3) is 4.07. The number of pyridine rings is 1. The van der Waals surface area contributed by atoms with Crippen LogP contribution in [0.25, 0.3) is 0 Å². The average molecular weight is 256 g/mol. The summed E-state index contributed by atoms with van der Waals surface area (Å²) in [5, 5.41) is 3.40. The molecule has 0 saturated carbocycles. The van der Waals surface area contributed by atoms with E-state index in [1.165, 1.54) is 5.56 Å². The molecular formula is C16H20N2O. The van der Waals surface area contributed by atoms with Gasteiger partial charge in [-0.15, -0.1) is 0 Å². The van der Waals surface area contributed by atoms with Crippen molar-refractivity contribution in [2.75, 3.05) is 13.1 Å². The summed E-state index contributed by atoms with van der Waals surface area (Å²) in [5.74, 6) is 0.480. The first-order valence-electron chi connectivity index (χ1n) is 6.68. The maximum atomic E-state index is 11.5. The van der Waals surface area contributed by atoms with Gasteiger partial charge in [-0.05, 0) is 17.5 Å². The summed E-state index contributed by atoms with van der Waals surface area (Å²) in [6, 6.07) is 15.7. The summed E-state index contributed by atoms with van der Waals surface area (Å²) in [4.78, 5) is 11.5. The molecule has 1 unspecified atom stereocenters. The molecule has 19 heavy (non-hydrogen) atoms. The molecule has 0 amide bonds. The molecule has 1 aromatic heterocycles. The predicted molar refractivity (Wildman–Crippen MR) is 78.4 cm³/mol. The molecule has 0 aliphatic heterocycles. The van der Waals surface area contributed by atoms with Gasteiger partial charge in [-0.25, -0.2) is 0 Å². The predicted octanol–water partition coefficient (Wildman–Crippen LogP) is 2.24. The lowest BCUT2D eigenvalue weighted by molar-refractivity contribution is 0.557. The Bertz CT molecular complexity index is 548. The maximum absolute atomic E-state index is 11.5. The fourth-order valence-corrected chi connectivity index (χ4v) is 2.06. The molecule has 100 valence electrons. The third-order valence-corrected chi connectivity index (χ3v) is 3.25. The summed E-state index contributed by atoms with van der Waals surface area (Å²) in [7, 11) is 0. The monoisotopic (exact) mass is 256 g/mol. The number of nitrogens with zero attached hydrogens (tertiary/aromatic N) is 1. The Balaban J connectivity index is 1.76. The lowest BCUT2D eigenvalue weighted by atomic mass is 10.0. The average Bonchev–Trinajstić information content (AvgIpc) is 2.46. The van der Waals surface area contributed by atoms with Gasteiger partial charge in [-0.3, -0.25) is 4.79 Å². The van der Waals surface area contributed by atoms with Gasteiger partial charge in [-0.2, -0.15) is 0 Å². The Kier molecular flexibility index (Phi) is 4.93. The Morgan fingerprint density at radius 1 is 1.11 bits per heavy atom. The second-order valence-corrected chi connectivity index (χ2v) is 4.75. The molecule has 0 saturated heterocycles. The van der Waals surface area contributed by atoms with Crippen LogP contribution in [0.5, 0.6) is 0 Å². The molecule has 1 N–H and O–H groups in total. The van der Waals surface area contributed by atoms with E-state index in [2.05, 4.69) is 36.5 Å². The Morgan fingerprint density at radius 3 is 2.58 bits per heavy atom. The first-order chi connectivity index (χ1) is 9.27. The van der Waals surface area contributed by atoms with E-state index in [0.29, 0.717) is 12.5 Å². The highest BCUT2D eigenvalue weighted by molar-refractivity contribution is 5.18. The minimum absolute atomic E-state index is 0.0559. The van der Waals surface area contributed by atoms with Crippen molar-refractivity contribution in [3.63, 3.8) is 0 Å². The van der Waals surface area contributed by atoms with E-state index in [1.807, 2.05) is 18.3 Å². The van der Waals surface area contributed by atoms with Crippen molar-refractivity contribution in [1.82, 2.24) is 9.88 Å². The van der Waals surface area contributed by atoms with Gasteiger partial charge in [0.05, 0.1) is 0 Å². The summed E-state index contributed by atoms with van der Waals surface area (Å²) in [5.41, 5.74) is 1.40. The van der Waals surface area contributed by atoms with E-state index >= 15 is 0 Å². The molecule has 2 aromatic rings. The fourth-order valence-electron chi connectivity index (χ4n) is 2.06. The lowest BCUT2D eigenvalue weighted by Gasteiger charge is -2.13. The number of rotatable bonds is 6. The van der Waals surface area contributed by atoms with Crippen molar-refractivity contribution in [1.29, 1.82) is 0 Å². The first-order valence-corrected chi connectivity index (χ1v) is 6.68. The Hall–Kier alpha value is -1.87. The van der Waals surface area contributed by atoms with Crippen LogP contribution in [0, 0.1) is 0 Å². The van der Waals surface area contributed by atoms with E-state index in [-0.39, 0.29) is 5.56 Å². The highest BCUT2D eigenvalue weighted by atomic mass is 16.1. The van der Waals surface area contributed by atoms with E-state index in [4.69, 9.17) is 0 Å². The molecular weight excluding hydrogens is 236 g/mol. The Morgan fingerprint density at radius 2 is 1.84 bits per heavy atom. The number of nitrogens with one attached hydrogen (secondary N) is 1. The summed E-state index contributed by atoms with van der Waals surface area (Å²) in [6.07, 6.45) is 1.82. The maximum Gasteiger partial charge on any atom is 0.250 e. The second-order valence-electron chi connectivity index (χ2n) is 4.75. The summed E-state index contributed by atoms with van der Waals surface area (Å²) < 4.78 is 1.72. The van der Waals surface area contributed by atoms with E-state index in [9.17, 15) is 4.79 Å². The van der Waals surface area contributed by atoms with Crippen molar-refractivity contribution in [2.45, 2.75) is 19.4 Å². The number of aromatic nitrogens is 1. The standard InChI is InChI=1S/C16H20N2O/c1-14(15-7-3-2-4-8-15)13-17-10-12-18-11-6-5-9-16(18)19/h2-9,11,14,17H,10,12-13H2,1H3. The van der Waals surface area contributed by atoms with Crippen molar-refractivity contribution in [3.8, 4) is 0 Å².